The Labute approximate surface area is 127 Å². The van der Waals surface area contributed by atoms with Crippen molar-refractivity contribution in [1.29, 1.82) is 0 Å². The highest BCUT2D eigenvalue weighted by molar-refractivity contribution is 9.10. The monoisotopic (exact) mass is 345 g/mol. The third kappa shape index (κ3) is 6.36. The van der Waals surface area contributed by atoms with Gasteiger partial charge in [0.25, 0.3) is 0 Å². The van der Waals surface area contributed by atoms with Crippen molar-refractivity contribution in [2.75, 3.05) is 34.0 Å². The zero-order valence-corrected chi connectivity index (χ0v) is 13.4. The zero-order chi connectivity index (χ0) is 14.8. The summed E-state index contributed by atoms with van der Waals surface area (Å²) in [5, 5.41) is 3.27. The van der Waals surface area contributed by atoms with E-state index in [9.17, 15) is 4.79 Å². The standard InChI is InChI=1S/C14H20BrNO4/c1-18-8-6-16-10-11-9-12(3-4-13(11)15)20-7-5-14(17)19-2/h3-4,9,16H,5-8,10H2,1-2H3. The van der Waals surface area contributed by atoms with Gasteiger partial charge >= 0.3 is 5.97 Å². The van der Waals surface area contributed by atoms with Crippen LogP contribution in [0.25, 0.3) is 0 Å². The lowest BCUT2D eigenvalue weighted by atomic mass is 10.2. The number of ether oxygens (including phenoxy) is 3. The van der Waals surface area contributed by atoms with E-state index in [0.717, 1.165) is 28.9 Å². The number of rotatable bonds is 9. The molecule has 0 fully saturated rings. The number of halogens is 1. The van der Waals surface area contributed by atoms with E-state index in [1.54, 1.807) is 7.11 Å². The van der Waals surface area contributed by atoms with Crippen molar-refractivity contribution < 1.29 is 19.0 Å². The van der Waals surface area contributed by atoms with E-state index >= 15 is 0 Å². The molecule has 0 aromatic heterocycles. The van der Waals surface area contributed by atoms with Crippen LogP contribution in [0.3, 0.4) is 0 Å². The molecule has 0 aliphatic rings. The highest BCUT2D eigenvalue weighted by atomic mass is 79.9. The molecule has 112 valence electrons. The van der Waals surface area contributed by atoms with Crippen LogP contribution in [-0.2, 0) is 20.8 Å². The molecule has 0 saturated heterocycles. The smallest absolute Gasteiger partial charge is 0.308 e. The number of carbonyl (C=O) groups is 1. The molecule has 0 spiro atoms. The second kappa shape index (κ2) is 9.74. The minimum atomic E-state index is -0.274. The van der Waals surface area contributed by atoms with Gasteiger partial charge in [-0.3, -0.25) is 4.79 Å². The lowest BCUT2D eigenvalue weighted by molar-refractivity contribution is -0.141. The van der Waals surface area contributed by atoms with E-state index in [1.165, 1.54) is 7.11 Å². The highest BCUT2D eigenvalue weighted by Crippen LogP contribution is 2.22. The summed E-state index contributed by atoms with van der Waals surface area (Å²) in [7, 11) is 3.04. The molecule has 1 N–H and O–H groups in total. The molecular weight excluding hydrogens is 326 g/mol. The lowest BCUT2D eigenvalue weighted by Crippen LogP contribution is -2.18. The van der Waals surface area contributed by atoms with Gasteiger partial charge in [-0.15, -0.1) is 0 Å². The summed E-state index contributed by atoms with van der Waals surface area (Å²) in [6.07, 6.45) is 0.244. The molecule has 0 radical (unpaired) electrons. The highest BCUT2D eigenvalue weighted by Gasteiger charge is 2.04. The summed E-state index contributed by atoms with van der Waals surface area (Å²) in [5.74, 6) is 0.462. The van der Waals surface area contributed by atoms with Gasteiger partial charge in [0.15, 0.2) is 0 Å². The first kappa shape index (κ1) is 16.9. The van der Waals surface area contributed by atoms with E-state index in [1.807, 2.05) is 18.2 Å². The quantitative estimate of drug-likeness (QED) is 0.548. The van der Waals surface area contributed by atoms with Gasteiger partial charge in [0, 0.05) is 24.7 Å². The van der Waals surface area contributed by atoms with E-state index in [2.05, 4.69) is 26.0 Å². The Kier molecular flexibility index (Phi) is 8.25. The maximum Gasteiger partial charge on any atom is 0.308 e. The average molecular weight is 346 g/mol. The second-order valence-electron chi connectivity index (χ2n) is 4.10. The molecule has 0 bridgehead atoms. The third-order valence-corrected chi connectivity index (χ3v) is 3.39. The Bertz CT molecular complexity index is 426. The van der Waals surface area contributed by atoms with Gasteiger partial charge in [-0.2, -0.15) is 0 Å². The van der Waals surface area contributed by atoms with E-state index in [4.69, 9.17) is 9.47 Å². The number of nitrogens with one attached hydrogen (secondary N) is 1. The SMILES string of the molecule is COCCNCc1cc(OCCC(=O)OC)ccc1Br. The third-order valence-electron chi connectivity index (χ3n) is 2.62. The number of hydrogen-bond acceptors (Lipinski definition) is 5. The molecule has 0 heterocycles. The predicted molar refractivity (Wildman–Crippen MR) is 79.9 cm³/mol. The number of methoxy groups -OCH3 is 2. The molecule has 0 unspecified atom stereocenters. The van der Waals surface area contributed by atoms with Crippen LogP contribution >= 0.6 is 15.9 Å². The van der Waals surface area contributed by atoms with E-state index in [0.29, 0.717) is 13.2 Å². The van der Waals surface area contributed by atoms with Crippen molar-refractivity contribution in [3.05, 3.63) is 28.2 Å². The maximum atomic E-state index is 11.0. The van der Waals surface area contributed by atoms with Crippen LogP contribution in [0.5, 0.6) is 5.75 Å². The molecule has 1 aromatic rings. The molecule has 6 heteroatoms. The molecule has 1 rings (SSSR count). The van der Waals surface area contributed by atoms with Crippen LogP contribution in [0.4, 0.5) is 0 Å². The van der Waals surface area contributed by atoms with Gasteiger partial charge in [-0.25, -0.2) is 0 Å². The van der Waals surface area contributed by atoms with Crippen molar-refractivity contribution in [3.63, 3.8) is 0 Å². The Hall–Kier alpha value is -1.11. The molecule has 0 aliphatic carbocycles. The largest absolute Gasteiger partial charge is 0.493 e. The van der Waals surface area contributed by atoms with Gasteiger partial charge in [0.1, 0.15) is 5.75 Å². The number of hydrogen-bond donors (Lipinski definition) is 1. The van der Waals surface area contributed by atoms with Crippen LogP contribution in [0.1, 0.15) is 12.0 Å². The number of carbonyl (C=O) groups excluding carboxylic acids is 1. The average Bonchev–Trinajstić information content (AvgIpc) is 2.46. The molecule has 0 aliphatic heterocycles. The molecule has 5 nitrogen and oxygen atoms in total. The first-order chi connectivity index (χ1) is 9.67. The van der Waals surface area contributed by atoms with Crippen LogP contribution in [0, 0.1) is 0 Å². The second-order valence-corrected chi connectivity index (χ2v) is 4.95. The molecule has 0 atom stereocenters. The predicted octanol–water partition coefficient (Wildman–Crippen LogP) is 2.13. The molecule has 0 saturated carbocycles. The fourth-order valence-electron chi connectivity index (χ4n) is 1.53. The summed E-state index contributed by atoms with van der Waals surface area (Å²) >= 11 is 3.50. The van der Waals surface area contributed by atoms with Crippen molar-refractivity contribution in [2.45, 2.75) is 13.0 Å². The van der Waals surface area contributed by atoms with Crippen molar-refractivity contribution >= 4 is 21.9 Å². The summed E-state index contributed by atoms with van der Waals surface area (Å²) in [4.78, 5) is 11.0. The Morgan fingerprint density at radius 1 is 1.30 bits per heavy atom. The van der Waals surface area contributed by atoms with Crippen molar-refractivity contribution in [3.8, 4) is 5.75 Å². The summed E-state index contributed by atoms with van der Waals surface area (Å²) in [6, 6.07) is 5.74. The molecule has 0 amide bonds. The van der Waals surface area contributed by atoms with Gasteiger partial charge in [-0.05, 0) is 23.8 Å². The minimum absolute atomic E-state index is 0.244. The van der Waals surface area contributed by atoms with Crippen molar-refractivity contribution in [2.24, 2.45) is 0 Å². The lowest BCUT2D eigenvalue weighted by Gasteiger charge is -2.10. The topological polar surface area (TPSA) is 56.8 Å². The van der Waals surface area contributed by atoms with Gasteiger partial charge in [0.05, 0.1) is 26.7 Å². The minimum Gasteiger partial charge on any atom is -0.493 e. The summed E-state index contributed by atoms with van der Waals surface area (Å²) < 4.78 is 16.1. The Morgan fingerprint density at radius 3 is 2.80 bits per heavy atom. The van der Waals surface area contributed by atoms with E-state index in [-0.39, 0.29) is 12.4 Å². The van der Waals surface area contributed by atoms with E-state index < -0.39 is 0 Å². The summed E-state index contributed by atoms with van der Waals surface area (Å²) in [6.45, 7) is 2.49. The van der Waals surface area contributed by atoms with Crippen molar-refractivity contribution in [1.82, 2.24) is 5.32 Å². The van der Waals surface area contributed by atoms with Gasteiger partial charge < -0.3 is 19.5 Å². The van der Waals surface area contributed by atoms with Crippen LogP contribution in [-0.4, -0.2) is 39.9 Å². The van der Waals surface area contributed by atoms with Gasteiger partial charge in [-0.1, -0.05) is 15.9 Å². The van der Waals surface area contributed by atoms with Crippen LogP contribution in [0.15, 0.2) is 22.7 Å². The molecule has 20 heavy (non-hydrogen) atoms. The Balaban J connectivity index is 2.46. The Morgan fingerprint density at radius 2 is 2.10 bits per heavy atom. The number of benzene rings is 1. The first-order valence-corrected chi connectivity index (χ1v) is 7.14. The normalized spacial score (nSPS) is 10.3. The van der Waals surface area contributed by atoms with Crippen LogP contribution < -0.4 is 10.1 Å². The fourth-order valence-corrected chi connectivity index (χ4v) is 1.91. The summed E-state index contributed by atoms with van der Waals surface area (Å²) in [5.41, 5.74) is 1.09. The van der Waals surface area contributed by atoms with Gasteiger partial charge in [0.2, 0.25) is 0 Å². The maximum absolute atomic E-state index is 11.0. The van der Waals surface area contributed by atoms with Crippen LogP contribution in [0.2, 0.25) is 0 Å². The fraction of sp³-hybridized carbons (Fsp3) is 0.500. The number of esters is 1. The first-order valence-electron chi connectivity index (χ1n) is 6.35. The molecular formula is C14H20BrNO4. The molecule has 1 aromatic carbocycles. The zero-order valence-electron chi connectivity index (χ0n) is 11.8.